The van der Waals surface area contributed by atoms with Crippen LogP contribution < -0.4 is 0 Å². The number of hydrogen-bond donors (Lipinski definition) is 1. The van der Waals surface area contributed by atoms with Gasteiger partial charge in [0.05, 0.1) is 0 Å². The van der Waals surface area contributed by atoms with Gasteiger partial charge in [-0.25, -0.2) is 0 Å². The quantitative estimate of drug-likeness (QED) is 0.490. The van der Waals surface area contributed by atoms with E-state index in [4.69, 9.17) is 0 Å². The summed E-state index contributed by atoms with van der Waals surface area (Å²) in [5.41, 5.74) is 0. The number of fused-ring (bicyclic) bond motifs is 2. The Morgan fingerprint density at radius 1 is 1.38 bits per heavy atom. The van der Waals surface area contributed by atoms with E-state index < -0.39 is 0 Å². The molecule has 2 fully saturated rings. The van der Waals surface area contributed by atoms with E-state index in [2.05, 4.69) is 4.81 Å². The van der Waals surface area contributed by atoms with Crippen molar-refractivity contribution in [3.8, 4) is 0 Å². The molecule has 2 bridgehead atoms. The standard InChI is InChI=1S/C9H16BNO2/c1-10(13)11-4-7-2-3-8(5-11)9(7)6-12/h6-9,13H,2-5H2,1H3. The fourth-order valence-corrected chi connectivity index (χ4v) is 2.83. The van der Waals surface area contributed by atoms with E-state index >= 15 is 0 Å². The van der Waals surface area contributed by atoms with Gasteiger partial charge in [-0.1, -0.05) is 0 Å². The molecule has 0 aromatic carbocycles. The van der Waals surface area contributed by atoms with Crippen molar-refractivity contribution in [2.24, 2.45) is 17.8 Å². The molecule has 3 nitrogen and oxygen atoms in total. The lowest BCUT2D eigenvalue weighted by molar-refractivity contribution is -0.114. The summed E-state index contributed by atoms with van der Waals surface area (Å²) < 4.78 is 0. The van der Waals surface area contributed by atoms with Gasteiger partial charge in [-0.2, -0.15) is 0 Å². The number of carbonyl (C=O) groups is 1. The van der Waals surface area contributed by atoms with Gasteiger partial charge < -0.3 is 14.6 Å². The van der Waals surface area contributed by atoms with Gasteiger partial charge in [0.25, 0.3) is 0 Å². The number of piperidine rings is 1. The molecule has 2 atom stereocenters. The van der Waals surface area contributed by atoms with Crippen molar-refractivity contribution in [3.05, 3.63) is 0 Å². The smallest absolute Gasteiger partial charge is 0.376 e. The lowest BCUT2D eigenvalue weighted by Crippen LogP contribution is -2.48. The first-order valence-electron chi connectivity index (χ1n) is 5.09. The molecule has 0 spiro atoms. The largest absolute Gasteiger partial charge is 0.437 e. The number of hydrogen-bond acceptors (Lipinski definition) is 3. The molecule has 0 aromatic rings. The minimum Gasteiger partial charge on any atom is -0.437 e. The van der Waals surface area contributed by atoms with Crippen LogP contribution >= 0.6 is 0 Å². The number of rotatable bonds is 2. The second-order valence-corrected chi connectivity index (χ2v) is 4.40. The first-order chi connectivity index (χ1) is 6.22. The van der Waals surface area contributed by atoms with Crippen LogP contribution in [0, 0.1) is 17.8 Å². The van der Waals surface area contributed by atoms with Gasteiger partial charge in [0.15, 0.2) is 0 Å². The van der Waals surface area contributed by atoms with Crippen molar-refractivity contribution in [2.75, 3.05) is 13.1 Å². The molecule has 0 aromatic heterocycles. The van der Waals surface area contributed by atoms with Crippen LogP contribution in [-0.4, -0.2) is 36.3 Å². The third-order valence-corrected chi connectivity index (χ3v) is 3.62. The fraction of sp³-hybridized carbons (Fsp3) is 0.889. The lowest BCUT2D eigenvalue weighted by Gasteiger charge is -2.36. The summed E-state index contributed by atoms with van der Waals surface area (Å²) in [4.78, 5) is 12.9. The monoisotopic (exact) mass is 181 g/mol. The highest BCUT2D eigenvalue weighted by Crippen LogP contribution is 2.40. The van der Waals surface area contributed by atoms with Crippen molar-refractivity contribution < 1.29 is 9.82 Å². The van der Waals surface area contributed by atoms with Crippen molar-refractivity contribution in [1.29, 1.82) is 0 Å². The van der Waals surface area contributed by atoms with Crippen LogP contribution in [0.4, 0.5) is 0 Å². The average Bonchev–Trinajstić information content (AvgIpc) is 2.34. The predicted octanol–water partition coefficient (Wildman–Crippen LogP) is 0.254. The van der Waals surface area contributed by atoms with Crippen LogP contribution in [0.2, 0.25) is 6.82 Å². The zero-order valence-electron chi connectivity index (χ0n) is 8.02. The summed E-state index contributed by atoms with van der Waals surface area (Å²) >= 11 is 0. The summed E-state index contributed by atoms with van der Waals surface area (Å²) in [7, 11) is -0.351. The van der Waals surface area contributed by atoms with Crippen molar-refractivity contribution in [2.45, 2.75) is 19.7 Å². The molecule has 2 aliphatic rings. The summed E-state index contributed by atoms with van der Waals surface area (Å²) in [6.07, 6.45) is 3.45. The molecule has 0 amide bonds. The van der Waals surface area contributed by atoms with Gasteiger partial charge in [-0.05, 0) is 44.6 Å². The molecule has 2 rings (SSSR count). The topological polar surface area (TPSA) is 40.5 Å². The normalized spacial score (nSPS) is 39.1. The minimum absolute atomic E-state index is 0.273. The number of aldehydes is 1. The summed E-state index contributed by atoms with van der Waals surface area (Å²) in [6, 6.07) is 0. The Balaban J connectivity index is 2.06. The van der Waals surface area contributed by atoms with E-state index in [-0.39, 0.29) is 13.0 Å². The number of carbonyl (C=O) groups excluding carboxylic acids is 1. The molecular weight excluding hydrogens is 165 g/mol. The summed E-state index contributed by atoms with van der Waals surface area (Å²) in [5.74, 6) is 1.28. The van der Waals surface area contributed by atoms with Gasteiger partial charge in [-0.15, -0.1) is 0 Å². The Morgan fingerprint density at radius 2 is 1.92 bits per heavy atom. The van der Waals surface area contributed by atoms with Crippen LogP contribution in [0.1, 0.15) is 12.8 Å². The zero-order valence-corrected chi connectivity index (χ0v) is 8.02. The van der Waals surface area contributed by atoms with Gasteiger partial charge in [0.2, 0.25) is 0 Å². The molecule has 1 aliphatic carbocycles. The maximum Gasteiger partial charge on any atom is 0.376 e. The second-order valence-electron chi connectivity index (χ2n) is 4.40. The number of nitrogens with zero attached hydrogens (tertiary/aromatic N) is 1. The van der Waals surface area contributed by atoms with Crippen LogP contribution in [-0.2, 0) is 4.79 Å². The van der Waals surface area contributed by atoms with E-state index in [9.17, 15) is 9.82 Å². The van der Waals surface area contributed by atoms with Crippen LogP contribution in [0.15, 0.2) is 0 Å². The third kappa shape index (κ3) is 1.53. The van der Waals surface area contributed by atoms with Gasteiger partial charge in [0, 0.05) is 5.92 Å². The molecule has 13 heavy (non-hydrogen) atoms. The lowest BCUT2D eigenvalue weighted by atomic mass is 9.77. The summed E-state index contributed by atoms with van der Waals surface area (Å²) in [5, 5.41) is 9.44. The highest BCUT2D eigenvalue weighted by Gasteiger charge is 2.42. The Hall–Kier alpha value is -0.345. The van der Waals surface area contributed by atoms with E-state index in [0.29, 0.717) is 11.8 Å². The highest BCUT2D eigenvalue weighted by molar-refractivity contribution is 6.45. The van der Waals surface area contributed by atoms with Gasteiger partial charge in [0.1, 0.15) is 6.29 Å². The van der Waals surface area contributed by atoms with E-state index in [1.54, 1.807) is 6.82 Å². The SMILES string of the molecule is CB(O)N1CC2CCC(C1)C2C=O. The molecular formula is C9H16BNO2. The molecule has 4 heteroatoms. The molecule has 2 unspecified atom stereocenters. The molecule has 1 aliphatic heterocycles. The molecule has 1 N–H and O–H groups in total. The van der Waals surface area contributed by atoms with Gasteiger partial charge >= 0.3 is 7.05 Å². The van der Waals surface area contributed by atoms with Crippen molar-refractivity contribution in [3.63, 3.8) is 0 Å². The van der Waals surface area contributed by atoms with E-state index in [1.165, 1.54) is 0 Å². The Labute approximate surface area is 79.2 Å². The van der Waals surface area contributed by atoms with Gasteiger partial charge in [-0.3, -0.25) is 0 Å². The molecule has 0 radical (unpaired) electrons. The van der Waals surface area contributed by atoms with Crippen LogP contribution in [0.25, 0.3) is 0 Å². The fourth-order valence-electron chi connectivity index (χ4n) is 2.83. The van der Waals surface area contributed by atoms with Crippen LogP contribution in [0.5, 0.6) is 0 Å². The Bertz CT molecular complexity index is 196. The van der Waals surface area contributed by atoms with E-state index in [0.717, 1.165) is 32.2 Å². The molecule has 1 saturated carbocycles. The highest BCUT2D eigenvalue weighted by atomic mass is 16.2. The maximum atomic E-state index is 10.8. The van der Waals surface area contributed by atoms with Crippen molar-refractivity contribution in [1.82, 2.24) is 4.81 Å². The predicted molar refractivity (Wildman–Crippen MR) is 51.2 cm³/mol. The Kier molecular flexibility index (Phi) is 2.43. The zero-order chi connectivity index (χ0) is 9.42. The minimum atomic E-state index is -0.351. The van der Waals surface area contributed by atoms with Crippen LogP contribution in [0.3, 0.4) is 0 Å². The first kappa shape index (κ1) is 9.22. The van der Waals surface area contributed by atoms with E-state index in [1.807, 2.05) is 0 Å². The Morgan fingerprint density at radius 3 is 2.31 bits per heavy atom. The molecule has 1 saturated heterocycles. The second kappa shape index (κ2) is 3.43. The maximum absolute atomic E-state index is 10.8. The average molecular weight is 181 g/mol. The summed E-state index contributed by atoms with van der Waals surface area (Å²) in [6.45, 7) is 3.61. The molecule has 1 heterocycles. The first-order valence-corrected chi connectivity index (χ1v) is 5.09. The molecule has 72 valence electrons. The van der Waals surface area contributed by atoms with Crippen molar-refractivity contribution >= 4 is 13.3 Å². The third-order valence-electron chi connectivity index (χ3n) is 3.62.